The molecule has 0 bridgehead atoms. The lowest BCUT2D eigenvalue weighted by molar-refractivity contribution is 0.0407. The van der Waals surface area contributed by atoms with E-state index in [1.165, 1.54) is 64.8 Å². The Labute approximate surface area is 101 Å². The predicted molar refractivity (Wildman–Crippen MR) is 68.9 cm³/mol. The highest BCUT2D eigenvalue weighted by atomic mass is 16.5. The summed E-state index contributed by atoms with van der Waals surface area (Å²) >= 11 is 0. The molecule has 1 heterocycles. The number of unbranched alkanes of at least 4 members (excludes halogenated alkanes) is 1. The summed E-state index contributed by atoms with van der Waals surface area (Å²) in [5.74, 6) is 0. The quantitative estimate of drug-likeness (QED) is 0.642. The standard InChI is InChI=1S/C13H28N2O/c1-3-8-14-9-4-5-10-15-11-6-13(16-2)7-12-15/h13-14H,3-12H2,1-2H3. The van der Waals surface area contributed by atoms with E-state index in [9.17, 15) is 0 Å². The van der Waals surface area contributed by atoms with E-state index in [2.05, 4.69) is 17.1 Å². The van der Waals surface area contributed by atoms with Crippen molar-refractivity contribution >= 4 is 0 Å². The molecule has 1 saturated heterocycles. The monoisotopic (exact) mass is 228 g/mol. The summed E-state index contributed by atoms with van der Waals surface area (Å²) in [7, 11) is 1.83. The minimum absolute atomic E-state index is 0.516. The molecule has 1 aliphatic rings. The van der Waals surface area contributed by atoms with Crippen molar-refractivity contribution in [3.63, 3.8) is 0 Å². The van der Waals surface area contributed by atoms with E-state index < -0.39 is 0 Å². The zero-order chi connectivity index (χ0) is 11.6. The lowest BCUT2D eigenvalue weighted by atomic mass is 10.1. The smallest absolute Gasteiger partial charge is 0.0595 e. The van der Waals surface area contributed by atoms with Gasteiger partial charge in [0.15, 0.2) is 0 Å². The first-order chi connectivity index (χ1) is 7.86. The van der Waals surface area contributed by atoms with Gasteiger partial charge in [-0.2, -0.15) is 0 Å². The molecule has 0 saturated carbocycles. The van der Waals surface area contributed by atoms with E-state index in [1.807, 2.05) is 7.11 Å². The first kappa shape index (κ1) is 13.9. The van der Waals surface area contributed by atoms with E-state index in [1.54, 1.807) is 0 Å². The number of methoxy groups -OCH3 is 1. The first-order valence-electron chi connectivity index (χ1n) is 6.82. The summed E-state index contributed by atoms with van der Waals surface area (Å²) < 4.78 is 5.37. The van der Waals surface area contributed by atoms with Crippen LogP contribution in [0.15, 0.2) is 0 Å². The topological polar surface area (TPSA) is 24.5 Å². The largest absolute Gasteiger partial charge is 0.381 e. The molecule has 0 aliphatic carbocycles. The maximum atomic E-state index is 5.37. The van der Waals surface area contributed by atoms with Crippen LogP contribution in [0.1, 0.15) is 39.0 Å². The first-order valence-corrected chi connectivity index (χ1v) is 6.82. The van der Waals surface area contributed by atoms with Gasteiger partial charge < -0.3 is 15.0 Å². The van der Waals surface area contributed by atoms with E-state index in [0.29, 0.717) is 6.10 Å². The highest BCUT2D eigenvalue weighted by Gasteiger charge is 2.17. The maximum absolute atomic E-state index is 5.37. The number of likely N-dealkylation sites (tertiary alicyclic amines) is 1. The van der Waals surface area contributed by atoms with Crippen LogP contribution in [-0.4, -0.2) is 50.8 Å². The molecule has 0 aromatic carbocycles. The summed E-state index contributed by atoms with van der Waals surface area (Å²) in [6.45, 7) is 8.28. The fourth-order valence-electron chi connectivity index (χ4n) is 2.26. The van der Waals surface area contributed by atoms with Gasteiger partial charge in [0.05, 0.1) is 6.10 Å². The molecule has 16 heavy (non-hydrogen) atoms. The molecule has 0 radical (unpaired) electrons. The van der Waals surface area contributed by atoms with Crippen molar-refractivity contribution in [3.05, 3.63) is 0 Å². The Hall–Kier alpha value is -0.120. The Morgan fingerprint density at radius 3 is 2.56 bits per heavy atom. The fourth-order valence-corrected chi connectivity index (χ4v) is 2.26. The SMILES string of the molecule is CCCNCCCCN1CCC(OC)CC1. The van der Waals surface area contributed by atoms with Gasteiger partial charge in [0.1, 0.15) is 0 Å². The Morgan fingerprint density at radius 2 is 1.94 bits per heavy atom. The van der Waals surface area contributed by atoms with Crippen molar-refractivity contribution < 1.29 is 4.74 Å². The second-order valence-corrected chi connectivity index (χ2v) is 4.73. The molecule has 0 spiro atoms. The maximum Gasteiger partial charge on any atom is 0.0595 e. The van der Waals surface area contributed by atoms with E-state index >= 15 is 0 Å². The van der Waals surface area contributed by atoms with Gasteiger partial charge in [-0.1, -0.05) is 6.92 Å². The third kappa shape index (κ3) is 5.83. The molecule has 1 aliphatic heterocycles. The van der Waals surface area contributed by atoms with Crippen LogP contribution < -0.4 is 5.32 Å². The number of ether oxygens (including phenoxy) is 1. The molecule has 0 aromatic rings. The van der Waals surface area contributed by atoms with Crippen molar-refractivity contribution in [2.75, 3.05) is 39.8 Å². The number of nitrogens with zero attached hydrogens (tertiary/aromatic N) is 1. The van der Waals surface area contributed by atoms with Crippen molar-refractivity contribution in [2.24, 2.45) is 0 Å². The van der Waals surface area contributed by atoms with Crippen molar-refractivity contribution in [1.29, 1.82) is 0 Å². The Balaban J connectivity index is 1.90. The molecule has 0 aromatic heterocycles. The van der Waals surface area contributed by atoms with Crippen molar-refractivity contribution in [3.8, 4) is 0 Å². The van der Waals surface area contributed by atoms with Crippen molar-refractivity contribution in [1.82, 2.24) is 10.2 Å². The lowest BCUT2D eigenvalue weighted by Crippen LogP contribution is -2.37. The van der Waals surface area contributed by atoms with Gasteiger partial charge in [0.25, 0.3) is 0 Å². The molecule has 0 atom stereocenters. The minimum atomic E-state index is 0.516. The Morgan fingerprint density at radius 1 is 1.19 bits per heavy atom. The highest BCUT2D eigenvalue weighted by molar-refractivity contribution is 4.72. The van der Waals surface area contributed by atoms with Crippen LogP contribution in [0, 0.1) is 0 Å². The highest BCUT2D eigenvalue weighted by Crippen LogP contribution is 2.12. The number of nitrogens with one attached hydrogen (secondary N) is 1. The summed E-state index contributed by atoms with van der Waals surface area (Å²) in [5.41, 5.74) is 0. The van der Waals surface area contributed by atoms with E-state index in [-0.39, 0.29) is 0 Å². The zero-order valence-electron chi connectivity index (χ0n) is 11.0. The van der Waals surface area contributed by atoms with Gasteiger partial charge in [0, 0.05) is 20.2 Å². The minimum Gasteiger partial charge on any atom is -0.381 e. The summed E-state index contributed by atoms with van der Waals surface area (Å²) in [6.07, 6.45) is 6.82. The molecule has 96 valence electrons. The number of piperidine rings is 1. The number of hydrogen-bond donors (Lipinski definition) is 1. The fraction of sp³-hybridized carbons (Fsp3) is 1.00. The summed E-state index contributed by atoms with van der Waals surface area (Å²) in [6, 6.07) is 0. The number of rotatable bonds is 8. The van der Waals surface area contributed by atoms with Gasteiger partial charge in [-0.15, -0.1) is 0 Å². The van der Waals surface area contributed by atoms with Gasteiger partial charge in [-0.25, -0.2) is 0 Å². The average Bonchev–Trinajstić information content (AvgIpc) is 2.34. The normalized spacial score (nSPS) is 19.1. The average molecular weight is 228 g/mol. The number of hydrogen-bond acceptors (Lipinski definition) is 3. The molecule has 0 unspecified atom stereocenters. The van der Waals surface area contributed by atoms with Crippen LogP contribution in [0.4, 0.5) is 0 Å². The van der Waals surface area contributed by atoms with E-state index in [4.69, 9.17) is 4.74 Å². The lowest BCUT2D eigenvalue weighted by Gasteiger charge is -2.31. The zero-order valence-corrected chi connectivity index (χ0v) is 11.0. The van der Waals surface area contributed by atoms with Gasteiger partial charge in [-0.3, -0.25) is 0 Å². The third-order valence-electron chi connectivity index (χ3n) is 3.37. The molecule has 1 fully saturated rings. The molecule has 3 nitrogen and oxygen atoms in total. The molecular formula is C13H28N2O. The van der Waals surface area contributed by atoms with Gasteiger partial charge in [-0.05, 0) is 51.7 Å². The summed E-state index contributed by atoms with van der Waals surface area (Å²) in [4.78, 5) is 2.58. The van der Waals surface area contributed by atoms with Crippen LogP contribution in [0.5, 0.6) is 0 Å². The molecule has 0 amide bonds. The van der Waals surface area contributed by atoms with E-state index in [0.717, 1.165) is 0 Å². The van der Waals surface area contributed by atoms with Gasteiger partial charge in [0.2, 0.25) is 0 Å². The van der Waals surface area contributed by atoms with Crippen LogP contribution in [-0.2, 0) is 4.74 Å². The van der Waals surface area contributed by atoms with Crippen LogP contribution in [0.25, 0.3) is 0 Å². The molecule has 3 heteroatoms. The Kier molecular flexibility index (Phi) is 7.81. The Bertz CT molecular complexity index is 156. The predicted octanol–water partition coefficient (Wildman–Crippen LogP) is 1.88. The molecule has 1 N–H and O–H groups in total. The third-order valence-corrected chi connectivity index (χ3v) is 3.37. The second-order valence-electron chi connectivity index (χ2n) is 4.73. The second kappa shape index (κ2) is 8.97. The van der Waals surface area contributed by atoms with Crippen LogP contribution >= 0.6 is 0 Å². The van der Waals surface area contributed by atoms with Crippen LogP contribution in [0.3, 0.4) is 0 Å². The van der Waals surface area contributed by atoms with Gasteiger partial charge >= 0.3 is 0 Å². The summed E-state index contributed by atoms with van der Waals surface area (Å²) in [5, 5.41) is 3.45. The van der Waals surface area contributed by atoms with Crippen molar-refractivity contribution in [2.45, 2.75) is 45.1 Å². The molecular weight excluding hydrogens is 200 g/mol. The molecule has 1 rings (SSSR count). The van der Waals surface area contributed by atoms with Crippen LogP contribution in [0.2, 0.25) is 0 Å².